The van der Waals surface area contributed by atoms with Crippen molar-refractivity contribution in [3.8, 4) is 0 Å². The Balaban J connectivity index is 1.81. The van der Waals surface area contributed by atoms with Crippen molar-refractivity contribution in [3.63, 3.8) is 0 Å². The van der Waals surface area contributed by atoms with Crippen LogP contribution in [0, 0.1) is 0 Å². The third-order valence-corrected chi connectivity index (χ3v) is 4.60. The molecule has 0 saturated carbocycles. The van der Waals surface area contributed by atoms with Crippen molar-refractivity contribution in [1.29, 1.82) is 0 Å². The molecule has 0 aliphatic carbocycles. The summed E-state index contributed by atoms with van der Waals surface area (Å²) in [4.78, 5) is 16.7. The fourth-order valence-electron chi connectivity index (χ4n) is 3.59. The molecule has 1 aromatic heterocycles. The van der Waals surface area contributed by atoms with E-state index >= 15 is 0 Å². The highest BCUT2D eigenvalue weighted by Crippen LogP contribution is 2.30. The predicted octanol–water partition coefficient (Wildman–Crippen LogP) is 2.64. The molecule has 0 N–H and O–H groups in total. The van der Waals surface area contributed by atoms with Gasteiger partial charge in [0.2, 0.25) is 0 Å². The molecule has 0 radical (unpaired) electrons. The molecule has 3 heterocycles. The number of hydrogen-bond donors (Lipinski definition) is 0. The van der Waals surface area contributed by atoms with Gasteiger partial charge in [-0.15, -0.1) is 0 Å². The Morgan fingerprint density at radius 1 is 1.20 bits per heavy atom. The molecule has 140 valence electrons. The minimum atomic E-state index is -0.494. The Labute approximate surface area is 149 Å². The number of carbonyl (C=O) groups is 1. The predicted molar refractivity (Wildman–Crippen MR) is 95.7 cm³/mol. The van der Waals surface area contributed by atoms with Crippen LogP contribution in [0.3, 0.4) is 0 Å². The van der Waals surface area contributed by atoms with Crippen LogP contribution in [-0.4, -0.2) is 57.7 Å². The maximum absolute atomic E-state index is 12.6. The SMILES string of the molecule is C[C@H]1CN(c2cnn3c2CN(C(=O)OC(C)(C)C)[C@@H](C)C3)C[C@H](C)O1. The highest BCUT2D eigenvalue weighted by molar-refractivity contribution is 5.69. The minimum absolute atomic E-state index is 0.0534. The average molecular weight is 350 g/mol. The lowest BCUT2D eigenvalue weighted by molar-refractivity contribution is -0.00570. The Morgan fingerprint density at radius 2 is 1.84 bits per heavy atom. The van der Waals surface area contributed by atoms with Gasteiger partial charge in [0.25, 0.3) is 0 Å². The maximum Gasteiger partial charge on any atom is 0.410 e. The lowest BCUT2D eigenvalue weighted by Gasteiger charge is -2.39. The molecule has 25 heavy (non-hydrogen) atoms. The van der Waals surface area contributed by atoms with Gasteiger partial charge < -0.3 is 14.4 Å². The number of rotatable bonds is 1. The standard InChI is InChI=1S/C18H30N4O3/c1-12-8-22-16(11-21(12)17(23)25-18(4,5)6)15(7-19-22)20-9-13(2)24-14(3)10-20/h7,12-14H,8-11H2,1-6H3/t12-,13-,14-/m0/s1. The molecule has 0 spiro atoms. The molecule has 2 aliphatic rings. The fourth-order valence-corrected chi connectivity index (χ4v) is 3.59. The number of fused-ring (bicyclic) bond motifs is 1. The van der Waals surface area contributed by atoms with E-state index in [4.69, 9.17) is 9.47 Å². The van der Waals surface area contributed by atoms with E-state index in [1.54, 1.807) is 4.90 Å². The first-order valence-corrected chi connectivity index (χ1v) is 9.08. The van der Waals surface area contributed by atoms with E-state index in [2.05, 4.69) is 23.8 Å². The molecule has 0 aromatic carbocycles. The Hall–Kier alpha value is -1.76. The smallest absolute Gasteiger partial charge is 0.410 e. The summed E-state index contributed by atoms with van der Waals surface area (Å²) in [6.07, 6.45) is 2.03. The fraction of sp³-hybridized carbons (Fsp3) is 0.778. The number of amides is 1. The molecule has 7 nitrogen and oxygen atoms in total. The second-order valence-corrected chi connectivity index (χ2v) is 8.28. The van der Waals surface area contributed by atoms with Crippen molar-refractivity contribution >= 4 is 11.8 Å². The zero-order valence-corrected chi connectivity index (χ0v) is 16.2. The number of anilines is 1. The van der Waals surface area contributed by atoms with Crippen LogP contribution in [0.2, 0.25) is 0 Å². The number of ether oxygens (including phenoxy) is 2. The zero-order valence-electron chi connectivity index (χ0n) is 16.2. The van der Waals surface area contributed by atoms with Gasteiger partial charge in [-0.05, 0) is 41.5 Å². The summed E-state index contributed by atoms with van der Waals surface area (Å²) in [7, 11) is 0. The molecular formula is C18H30N4O3. The van der Waals surface area contributed by atoms with Crippen LogP contribution in [0.15, 0.2) is 6.20 Å². The van der Waals surface area contributed by atoms with E-state index in [1.807, 2.05) is 38.6 Å². The lowest BCUT2D eigenvalue weighted by Crippen LogP contribution is -2.48. The molecule has 0 unspecified atom stereocenters. The molecule has 7 heteroatoms. The normalized spacial score (nSPS) is 27.2. The van der Waals surface area contributed by atoms with Gasteiger partial charge in [-0.1, -0.05) is 0 Å². The van der Waals surface area contributed by atoms with Crippen molar-refractivity contribution < 1.29 is 14.3 Å². The van der Waals surface area contributed by atoms with Crippen LogP contribution in [0.25, 0.3) is 0 Å². The molecular weight excluding hydrogens is 320 g/mol. The molecule has 3 atom stereocenters. The van der Waals surface area contributed by atoms with Gasteiger partial charge in [-0.25, -0.2) is 4.79 Å². The van der Waals surface area contributed by atoms with Crippen LogP contribution in [-0.2, 0) is 22.6 Å². The summed E-state index contributed by atoms with van der Waals surface area (Å²) in [5, 5.41) is 4.56. The number of carbonyl (C=O) groups excluding carboxylic acids is 1. The number of morpholine rings is 1. The van der Waals surface area contributed by atoms with E-state index in [-0.39, 0.29) is 24.3 Å². The largest absolute Gasteiger partial charge is 0.444 e. The highest BCUT2D eigenvalue weighted by Gasteiger charge is 2.34. The first-order valence-electron chi connectivity index (χ1n) is 9.08. The summed E-state index contributed by atoms with van der Waals surface area (Å²) in [6, 6.07) is 0.0534. The number of nitrogens with zero attached hydrogens (tertiary/aromatic N) is 4. The van der Waals surface area contributed by atoms with Crippen LogP contribution >= 0.6 is 0 Å². The second kappa shape index (κ2) is 6.52. The van der Waals surface area contributed by atoms with Gasteiger partial charge in [-0.3, -0.25) is 9.58 Å². The third-order valence-electron chi connectivity index (χ3n) is 4.60. The molecule has 1 fully saturated rings. The van der Waals surface area contributed by atoms with Gasteiger partial charge in [0.15, 0.2) is 0 Å². The first kappa shape index (κ1) is 18.0. The van der Waals surface area contributed by atoms with Crippen LogP contribution in [0.4, 0.5) is 10.5 Å². The van der Waals surface area contributed by atoms with Crippen LogP contribution in [0.5, 0.6) is 0 Å². The summed E-state index contributed by atoms with van der Waals surface area (Å²) in [6.45, 7) is 14.8. The first-order chi connectivity index (χ1) is 11.6. The van der Waals surface area contributed by atoms with Gasteiger partial charge >= 0.3 is 6.09 Å². The summed E-state index contributed by atoms with van der Waals surface area (Å²) in [5.41, 5.74) is 1.68. The van der Waals surface area contributed by atoms with E-state index in [0.29, 0.717) is 13.1 Å². The molecule has 1 saturated heterocycles. The quantitative estimate of drug-likeness (QED) is 0.779. The van der Waals surface area contributed by atoms with Crippen molar-refractivity contribution in [2.24, 2.45) is 0 Å². The Morgan fingerprint density at radius 3 is 2.44 bits per heavy atom. The second-order valence-electron chi connectivity index (χ2n) is 8.28. The van der Waals surface area contributed by atoms with E-state index in [0.717, 1.165) is 24.5 Å². The summed E-state index contributed by atoms with van der Waals surface area (Å²) < 4.78 is 13.4. The highest BCUT2D eigenvalue weighted by atomic mass is 16.6. The Bertz CT molecular complexity index is 627. The van der Waals surface area contributed by atoms with Gasteiger partial charge in [0.05, 0.1) is 48.9 Å². The molecule has 1 amide bonds. The van der Waals surface area contributed by atoms with Crippen molar-refractivity contribution in [1.82, 2.24) is 14.7 Å². The van der Waals surface area contributed by atoms with Crippen molar-refractivity contribution in [2.45, 2.75) is 78.5 Å². The van der Waals surface area contributed by atoms with E-state index in [1.165, 1.54) is 0 Å². The maximum atomic E-state index is 12.6. The van der Waals surface area contributed by atoms with Crippen LogP contribution in [0.1, 0.15) is 47.2 Å². The molecule has 1 aromatic rings. The van der Waals surface area contributed by atoms with E-state index < -0.39 is 5.60 Å². The summed E-state index contributed by atoms with van der Waals surface area (Å²) in [5.74, 6) is 0. The monoisotopic (exact) mass is 350 g/mol. The molecule has 2 aliphatic heterocycles. The van der Waals surface area contributed by atoms with Crippen molar-refractivity contribution in [3.05, 3.63) is 11.9 Å². The van der Waals surface area contributed by atoms with E-state index in [9.17, 15) is 4.79 Å². The topological polar surface area (TPSA) is 59.8 Å². The zero-order chi connectivity index (χ0) is 18.4. The number of hydrogen-bond acceptors (Lipinski definition) is 5. The van der Waals surface area contributed by atoms with Gasteiger partial charge in [0.1, 0.15) is 5.60 Å². The number of aromatic nitrogens is 2. The minimum Gasteiger partial charge on any atom is -0.444 e. The molecule has 0 bridgehead atoms. The summed E-state index contributed by atoms with van der Waals surface area (Å²) >= 11 is 0. The van der Waals surface area contributed by atoms with Crippen LogP contribution < -0.4 is 4.90 Å². The third kappa shape index (κ3) is 3.92. The average Bonchev–Trinajstić information content (AvgIpc) is 2.86. The molecule has 3 rings (SSSR count). The van der Waals surface area contributed by atoms with Crippen molar-refractivity contribution in [2.75, 3.05) is 18.0 Å². The Kier molecular flexibility index (Phi) is 4.70. The van der Waals surface area contributed by atoms with Gasteiger partial charge in [-0.2, -0.15) is 5.10 Å². The lowest BCUT2D eigenvalue weighted by atomic mass is 10.1. The van der Waals surface area contributed by atoms with Gasteiger partial charge in [0, 0.05) is 13.1 Å².